The van der Waals surface area contributed by atoms with Gasteiger partial charge in [-0.15, -0.1) is 0 Å². The number of nitrogens with zero attached hydrogens (tertiary/aromatic N) is 1. The van der Waals surface area contributed by atoms with E-state index in [9.17, 15) is 4.57 Å². The zero-order chi connectivity index (χ0) is 18.4. The smallest absolute Gasteiger partial charge is 0.384 e. The fourth-order valence-corrected chi connectivity index (χ4v) is 3.35. The van der Waals surface area contributed by atoms with Crippen LogP contribution in [0, 0.1) is 0 Å². The zero-order valence-electron chi connectivity index (χ0n) is 14.4. The highest BCUT2D eigenvalue weighted by Gasteiger charge is 2.33. The summed E-state index contributed by atoms with van der Waals surface area (Å²) in [6, 6.07) is 13.3. The van der Waals surface area contributed by atoms with Crippen LogP contribution in [0.4, 0.5) is 5.88 Å². The average Bonchev–Trinajstić information content (AvgIpc) is 3.35. The maximum absolute atomic E-state index is 12.8. The van der Waals surface area contributed by atoms with Gasteiger partial charge in [0.2, 0.25) is 17.2 Å². The van der Waals surface area contributed by atoms with E-state index in [0.29, 0.717) is 12.3 Å². The van der Waals surface area contributed by atoms with Gasteiger partial charge in [0, 0.05) is 20.3 Å². The van der Waals surface area contributed by atoms with Crippen molar-refractivity contribution in [3.05, 3.63) is 65.9 Å². The molecule has 0 bridgehead atoms. The number of aromatic nitrogens is 1. The second-order valence-corrected chi connectivity index (χ2v) is 7.39. The number of anilines is 1. The summed E-state index contributed by atoms with van der Waals surface area (Å²) in [6.45, 7) is 0.338. The first-order valence-electron chi connectivity index (χ1n) is 7.87. The number of hydrogen-bond acceptors (Lipinski definition) is 7. The van der Waals surface area contributed by atoms with Crippen molar-refractivity contribution >= 4 is 31.1 Å². The molecule has 0 fully saturated rings. The zero-order valence-corrected chi connectivity index (χ0v) is 15.3. The van der Waals surface area contributed by atoms with Crippen LogP contribution in [-0.2, 0) is 20.2 Å². The van der Waals surface area contributed by atoms with Gasteiger partial charge in [-0.3, -0.25) is 4.57 Å². The van der Waals surface area contributed by atoms with Crippen LogP contribution < -0.4 is 10.8 Å². The Kier molecular flexibility index (Phi) is 5.73. The summed E-state index contributed by atoms with van der Waals surface area (Å²) < 4.78 is 33.8. The lowest BCUT2D eigenvalue weighted by Crippen LogP contribution is -2.14. The van der Waals surface area contributed by atoms with Gasteiger partial charge in [-0.05, 0) is 23.8 Å². The van der Waals surface area contributed by atoms with E-state index in [-0.39, 0.29) is 17.2 Å². The maximum Gasteiger partial charge on any atom is 0.384 e. The molecule has 0 aliphatic heterocycles. The first-order chi connectivity index (χ1) is 12.6. The second-order valence-electron chi connectivity index (χ2n) is 5.24. The lowest BCUT2D eigenvalue weighted by molar-refractivity contribution is 0.286. The molecular weight excluding hydrogens is 355 g/mol. The molecule has 3 rings (SSSR count). The van der Waals surface area contributed by atoms with E-state index in [2.05, 4.69) is 10.3 Å². The monoisotopic (exact) mass is 374 g/mol. The van der Waals surface area contributed by atoms with E-state index in [1.54, 1.807) is 18.4 Å². The Balaban J connectivity index is 1.89. The van der Waals surface area contributed by atoms with Gasteiger partial charge < -0.3 is 23.2 Å². The van der Waals surface area contributed by atoms with Crippen LogP contribution in [0.25, 0.3) is 12.2 Å². The molecule has 0 amide bonds. The van der Waals surface area contributed by atoms with Gasteiger partial charge in [0.1, 0.15) is 5.76 Å². The molecule has 0 atom stereocenters. The van der Waals surface area contributed by atoms with E-state index in [1.807, 2.05) is 42.5 Å². The molecule has 0 aliphatic rings. The molecule has 0 saturated carbocycles. The molecule has 2 heterocycles. The minimum absolute atomic E-state index is 0.0850. The van der Waals surface area contributed by atoms with Crippen LogP contribution >= 0.6 is 7.60 Å². The highest BCUT2D eigenvalue weighted by Crippen LogP contribution is 2.47. The maximum atomic E-state index is 12.8. The van der Waals surface area contributed by atoms with Crippen molar-refractivity contribution in [1.29, 1.82) is 0 Å². The third-order valence-corrected chi connectivity index (χ3v) is 5.37. The van der Waals surface area contributed by atoms with Gasteiger partial charge in [0.05, 0.1) is 12.8 Å². The Morgan fingerprint density at radius 1 is 1.12 bits per heavy atom. The molecule has 7 nitrogen and oxygen atoms in total. The predicted octanol–water partition coefficient (Wildman–Crippen LogP) is 4.16. The van der Waals surface area contributed by atoms with E-state index in [4.69, 9.17) is 17.9 Å². The fraction of sp³-hybridized carbons (Fsp3) is 0.167. The molecule has 1 N–H and O–H groups in total. The topological polar surface area (TPSA) is 86.7 Å². The lowest BCUT2D eigenvalue weighted by atomic mass is 10.2. The highest BCUT2D eigenvalue weighted by atomic mass is 31.2. The number of nitrogens with one attached hydrogen (secondary N) is 1. The van der Waals surface area contributed by atoms with Crippen LogP contribution in [0.1, 0.15) is 17.2 Å². The van der Waals surface area contributed by atoms with Gasteiger partial charge in [-0.2, -0.15) is 4.98 Å². The van der Waals surface area contributed by atoms with E-state index < -0.39 is 7.60 Å². The highest BCUT2D eigenvalue weighted by molar-refractivity contribution is 7.62. The van der Waals surface area contributed by atoms with Crippen molar-refractivity contribution in [2.24, 2.45) is 0 Å². The molecule has 0 spiro atoms. The van der Waals surface area contributed by atoms with E-state index >= 15 is 0 Å². The third kappa shape index (κ3) is 4.14. The van der Waals surface area contributed by atoms with Gasteiger partial charge in [-0.25, -0.2) is 0 Å². The lowest BCUT2D eigenvalue weighted by Gasteiger charge is -2.11. The van der Waals surface area contributed by atoms with Gasteiger partial charge in [0.25, 0.3) is 0 Å². The molecular formula is C18H19N2O5P. The van der Waals surface area contributed by atoms with Crippen LogP contribution in [0.2, 0.25) is 0 Å². The Labute approximate surface area is 151 Å². The minimum atomic E-state index is -3.58. The van der Waals surface area contributed by atoms with E-state index in [0.717, 1.165) is 5.56 Å². The van der Waals surface area contributed by atoms with Crippen molar-refractivity contribution in [3.63, 3.8) is 0 Å². The summed E-state index contributed by atoms with van der Waals surface area (Å²) in [4.78, 5) is 4.28. The Morgan fingerprint density at radius 3 is 2.54 bits per heavy atom. The Morgan fingerprint density at radius 2 is 1.88 bits per heavy atom. The quantitative estimate of drug-likeness (QED) is 0.592. The fourth-order valence-electron chi connectivity index (χ4n) is 2.26. The molecule has 0 aliphatic carbocycles. The normalized spacial score (nSPS) is 11.9. The number of oxazole rings is 1. The summed E-state index contributed by atoms with van der Waals surface area (Å²) in [5.41, 5.74) is 1.07. The van der Waals surface area contributed by atoms with E-state index in [1.165, 1.54) is 14.2 Å². The predicted molar refractivity (Wildman–Crippen MR) is 99.2 cm³/mol. The number of furan rings is 1. The summed E-state index contributed by atoms with van der Waals surface area (Å²) in [5.74, 6) is 1.18. The summed E-state index contributed by atoms with van der Waals surface area (Å²) in [6.07, 6.45) is 5.10. The molecule has 0 saturated heterocycles. The van der Waals surface area contributed by atoms with Crippen molar-refractivity contribution in [1.82, 2.24) is 4.98 Å². The molecule has 0 radical (unpaired) electrons. The van der Waals surface area contributed by atoms with Crippen LogP contribution in [-0.4, -0.2) is 19.2 Å². The largest absolute Gasteiger partial charge is 0.467 e. The molecule has 136 valence electrons. The molecule has 26 heavy (non-hydrogen) atoms. The molecule has 8 heteroatoms. The van der Waals surface area contributed by atoms with Crippen LogP contribution in [0.15, 0.2) is 57.6 Å². The number of rotatable bonds is 8. The van der Waals surface area contributed by atoms with Crippen molar-refractivity contribution in [2.75, 3.05) is 19.5 Å². The number of hydrogen-bond donors (Lipinski definition) is 1. The Bertz CT molecular complexity index is 895. The second kappa shape index (κ2) is 8.19. The minimum Gasteiger partial charge on any atom is -0.467 e. The van der Waals surface area contributed by atoms with Crippen molar-refractivity contribution in [2.45, 2.75) is 6.54 Å². The van der Waals surface area contributed by atoms with Gasteiger partial charge >= 0.3 is 7.60 Å². The van der Waals surface area contributed by atoms with Crippen molar-refractivity contribution < 1.29 is 22.4 Å². The number of benzene rings is 1. The molecule has 3 aromatic rings. The molecule has 0 unspecified atom stereocenters. The SMILES string of the molecule is COP(=O)(OC)c1nc(C=Cc2ccccc2)oc1NCc1ccco1. The first kappa shape index (κ1) is 18.2. The van der Waals surface area contributed by atoms with Crippen LogP contribution in [0.5, 0.6) is 0 Å². The molecule has 1 aromatic carbocycles. The van der Waals surface area contributed by atoms with Crippen LogP contribution in [0.3, 0.4) is 0 Å². The van der Waals surface area contributed by atoms with Gasteiger partial charge in [0.15, 0.2) is 0 Å². The summed E-state index contributed by atoms with van der Waals surface area (Å²) in [5, 5.41) is 3.02. The van der Waals surface area contributed by atoms with Gasteiger partial charge in [-0.1, -0.05) is 30.3 Å². The Hall–Kier alpha value is -2.60. The van der Waals surface area contributed by atoms with Crippen molar-refractivity contribution in [3.8, 4) is 0 Å². The average molecular weight is 374 g/mol. The first-order valence-corrected chi connectivity index (χ1v) is 9.41. The standard InChI is InChI=1S/C18H19N2O5P/c1-22-26(21,23-2)18-17(19-13-15-9-6-12-24-15)25-16(20-18)11-10-14-7-4-3-5-8-14/h3-12,19H,13H2,1-2H3. The third-order valence-electron chi connectivity index (χ3n) is 3.59. The summed E-state index contributed by atoms with van der Waals surface area (Å²) in [7, 11) is -0.984. The summed E-state index contributed by atoms with van der Waals surface area (Å²) >= 11 is 0. The molecule has 2 aromatic heterocycles.